The molecule has 3 heterocycles. The van der Waals surface area contributed by atoms with Gasteiger partial charge in [0, 0.05) is 72.0 Å². The summed E-state index contributed by atoms with van der Waals surface area (Å²) in [5.74, 6) is 0.192. The van der Waals surface area contributed by atoms with Gasteiger partial charge in [-0.05, 0) is 66.6 Å². The van der Waals surface area contributed by atoms with E-state index in [2.05, 4.69) is 114 Å². The van der Waals surface area contributed by atoms with Crippen LogP contribution in [-0.4, -0.2) is 22.2 Å². The summed E-state index contributed by atoms with van der Waals surface area (Å²) in [7, 11) is 0. The molecule has 1 aliphatic rings. The molecule has 5 aromatic rings. The molecule has 0 saturated carbocycles. The summed E-state index contributed by atoms with van der Waals surface area (Å²) in [6.45, 7) is 11.1. The second-order valence-corrected chi connectivity index (χ2v) is 10.2. The number of aromatic nitrogens is 2. The maximum Gasteiger partial charge on any atom is 0.0483 e. The molecule has 0 bridgehead atoms. The molecule has 36 heavy (non-hydrogen) atoms. The van der Waals surface area contributed by atoms with Crippen LogP contribution in [-0.2, 0) is 19.5 Å². The molecule has 0 unspecified atom stereocenters. The van der Waals surface area contributed by atoms with Gasteiger partial charge in [0.05, 0.1) is 0 Å². The highest BCUT2D eigenvalue weighted by molar-refractivity contribution is 5.90. The zero-order valence-electron chi connectivity index (χ0n) is 21.9. The number of hydrogen-bond acceptors (Lipinski definition) is 1. The van der Waals surface area contributed by atoms with Crippen molar-refractivity contribution in [1.82, 2.24) is 9.13 Å². The number of para-hydroxylation sites is 2. The van der Waals surface area contributed by atoms with E-state index in [0.29, 0.717) is 0 Å². The summed E-state index contributed by atoms with van der Waals surface area (Å²) in [5, 5.41) is 2.75. The van der Waals surface area contributed by atoms with Gasteiger partial charge in [-0.2, -0.15) is 0 Å². The molecule has 0 aliphatic carbocycles. The maximum absolute atomic E-state index is 2.51. The van der Waals surface area contributed by atoms with Crippen molar-refractivity contribution >= 4 is 27.5 Å². The van der Waals surface area contributed by atoms with Crippen molar-refractivity contribution in [2.45, 2.75) is 59.0 Å². The zero-order chi connectivity index (χ0) is 24.6. The quantitative estimate of drug-likeness (QED) is 0.222. The fourth-order valence-electron chi connectivity index (χ4n) is 6.39. The molecule has 3 nitrogen and oxygen atoms in total. The molecule has 6 rings (SSSR count). The summed E-state index contributed by atoms with van der Waals surface area (Å²) < 4.78 is 4.93. The number of nitrogens with zero attached hydrogens (tertiary/aromatic N) is 3. The van der Waals surface area contributed by atoms with Crippen LogP contribution in [0.15, 0.2) is 79.1 Å². The van der Waals surface area contributed by atoms with Gasteiger partial charge in [0.1, 0.15) is 0 Å². The Balaban J connectivity index is 1.62. The van der Waals surface area contributed by atoms with Gasteiger partial charge < -0.3 is 14.0 Å². The second-order valence-electron chi connectivity index (χ2n) is 10.2. The molecule has 0 saturated heterocycles. The number of aryl methyl sites for hydroxylation is 2. The van der Waals surface area contributed by atoms with Crippen molar-refractivity contribution < 1.29 is 0 Å². The van der Waals surface area contributed by atoms with Crippen LogP contribution in [0.1, 0.15) is 61.8 Å². The average Bonchev–Trinajstić information content (AvgIpc) is 3.60. The number of fused-ring (bicyclic) bond motifs is 3. The van der Waals surface area contributed by atoms with Crippen molar-refractivity contribution in [3.05, 3.63) is 101 Å². The monoisotopic (exact) mass is 475 g/mol. The first-order chi connectivity index (χ1) is 17.7. The smallest absolute Gasteiger partial charge is 0.0483 e. The van der Waals surface area contributed by atoms with Gasteiger partial charge >= 0.3 is 0 Å². The molecule has 0 atom stereocenters. The van der Waals surface area contributed by atoms with Crippen LogP contribution in [0.4, 0.5) is 5.69 Å². The molecular formula is C33H37N3. The minimum absolute atomic E-state index is 0.192. The Morgan fingerprint density at radius 3 is 1.86 bits per heavy atom. The summed E-state index contributed by atoms with van der Waals surface area (Å²) in [6, 6.07) is 25.2. The van der Waals surface area contributed by atoms with Crippen LogP contribution in [0.5, 0.6) is 0 Å². The van der Waals surface area contributed by atoms with E-state index in [1.54, 1.807) is 0 Å². The third kappa shape index (κ3) is 3.73. The Labute approximate surface area is 215 Å². The van der Waals surface area contributed by atoms with Gasteiger partial charge in [0.2, 0.25) is 0 Å². The first-order valence-electron chi connectivity index (χ1n) is 13.8. The van der Waals surface area contributed by atoms with E-state index in [1.165, 1.54) is 49.7 Å². The minimum atomic E-state index is 0.192. The van der Waals surface area contributed by atoms with E-state index in [0.717, 1.165) is 45.4 Å². The Hall–Kier alpha value is -3.46. The van der Waals surface area contributed by atoms with E-state index in [1.807, 2.05) is 0 Å². The molecule has 1 aliphatic heterocycles. The first-order valence-corrected chi connectivity index (χ1v) is 13.8. The topological polar surface area (TPSA) is 13.1 Å². The molecule has 0 spiro atoms. The highest BCUT2D eigenvalue weighted by Gasteiger charge is 2.27. The summed E-state index contributed by atoms with van der Waals surface area (Å²) in [4.78, 5) is 2.51. The lowest BCUT2D eigenvalue weighted by molar-refractivity contribution is 0.696. The SMILES string of the molecule is CCCn1cc(C(c2ccc3c(c2)CCN3CC)c2cn(CCC)c3ccccc23)c2ccccc21. The molecule has 3 aromatic carbocycles. The van der Waals surface area contributed by atoms with Crippen LogP contribution in [0, 0.1) is 0 Å². The van der Waals surface area contributed by atoms with Gasteiger partial charge in [-0.25, -0.2) is 0 Å². The predicted molar refractivity (Wildman–Crippen MR) is 153 cm³/mol. The Kier molecular flexibility index (Phi) is 6.08. The van der Waals surface area contributed by atoms with E-state index in [4.69, 9.17) is 0 Å². The largest absolute Gasteiger partial charge is 0.371 e. The normalized spacial score (nSPS) is 13.4. The van der Waals surface area contributed by atoms with Crippen LogP contribution in [0.2, 0.25) is 0 Å². The van der Waals surface area contributed by atoms with Gasteiger partial charge in [-0.3, -0.25) is 0 Å². The van der Waals surface area contributed by atoms with Gasteiger partial charge in [-0.1, -0.05) is 62.4 Å². The molecule has 3 heteroatoms. The zero-order valence-corrected chi connectivity index (χ0v) is 21.9. The summed E-state index contributed by atoms with van der Waals surface area (Å²) in [5.41, 5.74) is 9.85. The summed E-state index contributed by atoms with van der Waals surface area (Å²) in [6.07, 6.45) is 8.28. The molecule has 0 amide bonds. The van der Waals surface area contributed by atoms with Crippen molar-refractivity contribution in [3.8, 4) is 0 Å². The van der Waals surface area contributed by atoms with Crippen LogP contribution >= 0.6 is 0 Å². The second kappa shape index (κ2) is 9.54. The van der Waals surface area contributed by atoms with Crippen molar-refractivity contribution in [2.75, 3.05) is 18.0 Å². The number of benzene rings is 3. The Morgan fingerprint density at radius 2 is 1.31 bits per heavy atom. The number of hydrogen-bond donors (Lipinski definition) is 0. The fraction of sp³-hybridized carbons (Fsp3) is 0.333. The summed E-state index contributed by atoms with van der Waals surface area (Å²) >= 11 is 0. The van der Waals surface area contributed by atoms with Crippen LogP contribution in [0.3, 0.4) is 0 Å². The molecule has 2 aromatic heterocycles. The maximum atomic E-state index is 2.51. The van der Waals surface area contributed by atoms with E-state index < -0.39 is 0 Å². The highest BCUT2D eigenvalue weighted by Crippen LogP contribution is 2.42. The van der Waals surface area contributed by atoms with Crippen molar-refractivity contribution in [3.63, 3.8) is 0 Å². The molecular weight excluding hydrogens is 438 g/mol. The minimum Gasteiger partial charge on any atom is -0.371 e. The van der Waals surface area contributed by atoms with E-state index >= 15 is 0 Å². The van der Waals surface area contributed by atoms with Crippen LogP contribution < -0.4 is 4.90 Å². The van der Waals surface area contributed by atoms with Gasteiger partial charge in [0.15, 0.2) is 0 Å². The lowest BCUT2D eigenvalue weighted by atomic mass is 9.84. The predicted octanol–water partition coefficient (Wildman–Crippen LogP) is 7.98. The molecule has 184 valence electrons. The highest BCUT2D eigenvalue weighted by atomic mass is 15.1. The molecule has 0 N–H and O–H groups in total. The standard InChI is InChI=1S/C33H37N3/c1-4-18-35-22-28(26-11-7-9-13-31(26)35)33(25-15-16-30-24(21-25)17-20-34(30)6-3)29-23-36(19-5-2)32-14-10-8-12-27(29)32/h7-16,21-23,33H,4-6,17-20H2,1-3H3. The number of anilines is 1. The van der Waals surface area contributed by atoms with Crippen LogP contribution in [0.25, 0.3) is 21.8 Å². The van der Waals surface area contributed by atoms with Crippen molar-refractivity contribution in [1.29, 1.82) is 0 Å². The lowest BCUT2D eigenvalue weighted by Crippen LogP contribution is -2.19. The Morgan fingerprint density at radius 1 is 0.722 bits per heavy atom. The van der Waals surface area contributed by atoms with E-state index in [9.17, 15) is 0 Å². The van der Waals surface area contributed by atoms with Gasteiger partial charge in [-0.15, -0.1) is 0 Å². The third-order valence-electron chi connectivity index (χ3n) is 8.00. The lowest BCUT2D eigenvalue weighted by Gasteiger charge is -2.20. The third-order valence-corrected chi connectivity index (χ3v) is 8.00. The molecule has 0 radical (unpaired) electrons. The Bertz CT molecular complexity index is 1440. The average molecular weight is 476 g/mol. The number of likely N-dealkylation sites (N-methyl/N-ethyl adjacent to an activating group) is 1. The van der Waals surface area contributed by atoms with E-state index in [-0.39, 0.29) is 5.92 Å². The van der Waals surface area contributed by atoms with Crippen molar-refractivity contribution in [2.24, 2.45) is 0 Å². The number of rotatable bonds is 8. The first kappa shape index (κ1) is 23.0. The fourth-order valence-corrected chi connectivity index (χ4v) is 6.39. The van der Waals surface area contributed by atoms with Gasteiger partial charge in [0.25, 0.3) is 0 Å². The molecule has 0 fully saturated rings.